The number of nitro benzene ring substituents is 1. The number of methoxy groups -OCH3 is 1. The van der Waals surface area contributed by atoms with Crippen LogP contribution in [0, 0.1) is 16.0 Å². The van der Waals surface area contributed by atoms with Crippen LogP contribution in [0.3, 0.4) is 0 Å². The number of carbonyl (C=O) groups excluding carboxylic acids is 1. The molecule has 4 rings (SSSR count). The van der Waals surface area contributed by atoms with Crippen LogP contribution < -0.4 is 24.4 Å². The fraction of sp³-hybridized carbons (Fsp3) is 0.345. The Morgan fingerprint density at radius 3 is 2.65 bits per heavy atom. The first-order chi connectivity index (χ1) is 19.2. The molecule has 0 radical (unpaired) electrons. The second-order valence-corrected chi connectivity index (χ2v) is 10.6. The molecule has 10 nitrogen and oxygen atoms in total. The highest BCUT2D eigenvalue weighted by molar-refractivity contribution is 7.07. The van der Waals surface area contributed by atoms with Crippen molar-refractivity contribution in [3.05, 3.63) is 94.7 Å². The third kappa shape index (κ3) is 5.84. The lowest BCUT2D eigenvalue weighted by molar-refractivity contribution is -0.385. The minimum Gasteiger partial charge on any atom is -0.493 e. The number of hydrogen-bond acceptors (Lipinski definition) is 9. The number of thiazole rings is 1. The number of esters is 1. The zero-order valence-corrected chi connectivity index (χ0v) is 23.8. The Bertz CT molecular complexity index is 1650. The summed E-state index contributed by atoms with van der Waals surface area (Å²) in [5, 5.41) is 11.5. The van der Waals surface area contributed by atoms with E-state index in [0.717, 1.165) is 17.8 Å². The monoisotopic (exact) mass is 565 g/mol. The zero-order chi connectivity index (χ0) is 29.0. The van der Waals surface area contributed by atoms with Crippen LogP contribution >= 0.6 is 11.3 Å². The van der Waals surface area contributed by atoms with Gasteiger partial charge < -0.3 is 14.2 Å². The number of allylic oxidation sites excluding steroid dienone is 1. The molecule has 1 aliphatic heterocycles. The van der Waals surface area contributed by atoms with Crippen molar-refractivity contribution < 1.29 is 23.9 Å². The normalized spacial score (nSPS) is 15.1. The van der Waals surface area contributed by atoms with Gasteiger partial charge in [-0.15, -0.1) is 0 Å². The topological polar surface area (TPSA) is 122 Å². The van der Waals surface area contributed by atoms with E-state index in [1.165, 1.54) is 23.8 Å². The van der Waals surface area contributed by atoms with Crippen molar-refractivity contribution >= 4 is 29.1 Å². The SMILES string of the molecule is CCOC(=O)C1=C(C)N=c2s/c(=C\c3ccccc3[N+](=O)[O-])c(=O)n2C1c1ccc(OCCC(C)C)c(OC)c1. The molecule has 2 aromatic carbocycles. The standard InChI is InChI=1S/C29H31N3O7S/c1-6-38-28(34)25-18(4)30-29-31(27(33)24(40-29)16-19-9-7-8-10-21(19)32(35)36)26(25)20-11-12-22(23(15-20)37-5)39-14-13-17(2)3/h7-12,15-17,26H,6,13-14H2,1-5H3/b24-16-. The number of nitrogens with zero attached hydrogens (tertiary/aromatic N) is 3. The molecule has 0 bridgehead atoms. The summed E-state index contributed by atoms with van der Waals surface area (Å²) in [5.41, 5.74) is 0.979. The number of aromatic nitrogens is 1. The molecule has 0 fully saturated rings. The molecule has 0 saturated carbocycles. The number of ether oxygens (including phenoxy) is 3. The van der Waals surface area contributed by atoms with Gasteiger partial charge in [0.25, 0.3) is 11.2 Å². The highest BCUT2D eigenvalue weighted by Crippen LogP contribution is 2.36. The van der Waals surface area contributed by atoms with E-state index in [2.05, 4.69) is 18.8 Å². The van der Waals surface area contributed by atoms with Gasteiger partial charge in [-0.2, -0.15) is 0 Å². The van der Waals surface area contributed by atoms with Crippen molar-refractivity contribution in [3.8, 4) is 11.5 Å². The third-order valence-corrected chi connectivity index (χ3v) is 7.38. The fourth-order valence-electron chi connectivity index (χ4n) is 4.40. The maximum absolute atomic E-state index is 13.8. The van der Waals surface area contributed by atoms with Crippen molar-refractivity contribution in [2.75, 3.05) is 20.3 Å². The zero-order valence-electron chi connectivity index (χ0n) is 23.0. The molecule has 0 aliphatic carbocycles. The molecule has 0 amide bonds. The predicted octanol–water partition coefficient (Wildman–Crippen LogP) is 4.14. The Morgan fingerprint density at radius 2 is 1.98 bits per heavy atom. The van der Waals surface area contributed by atoms with Gasteiger partial charge in [0.1, 0.15) is 0 Å². The summed E-state index contributed by atoms with van der Waals surface area (Å²) in [5.74, 6) is 0.900. The van der Waals surface area contributed by atoms with Gasteiger partial charge in [0.05, 0.1) is 52.7 Å². The predicted molar refractivity (Wildman–Crippen MR) is 151 cm³/mol. The largest absolute Gasteiger partial charge is 0.493 e. The van der Waals surface area contributed by atoms with Crippen LogP contribution in [0.5, 0.6) is 11.5 Å². The minimum absolute atomic E-state index is 0.119. The Morgan fingerprint density at radius 1 is 1.23 bits per heavy atom. The van der Waals surface area contributed by atoms with Crippen molar-refractivity contribution in [1.29, 1.82) is 0 Å². The van der Waals surface area contributed by atoms with E-state index in [-0.39, 0.29) is 22.4 Å². The Kier molecular flexibility index (Phi) is 8.83. The van der Waals surface area contributed by atoms with Crippen LogP contribution in [0.15, 0.2) is 63.5 Å². The van der Waals surface area contributed by atoms with E-state index < -0.39 is 22.5 Å². The van der Waals surface area contributed by atoms with Crippen LogP contribution in [-0.2, 0) is 9.53 Å². The lowest BCUT2D eigenvalue weighted by Gasteiger charge is -2.25. The van der Waals surface area contributed by atoms with Crippen LogP contribution in [0.25, 0.3) is 6.08 Å². The van der Waals surface area contributed by atoms with Crippen molar-refractivity contribution in [1.82, 2.24) is 4.57 Å². The van der Waals surface area contributed by atoms with Gasteiger partial charge >= 0.3 is 5.97 Å². The van der Waals surface area contributed by atoms with Gasteiger partial charge in [-0.25, -0.2) is 9.79 Å². The van der Waals surface area contributed by atoms with Crippen LogP contribution in [0.2, 0.25) is 0 Å². The molecule has 40 heavy (non-hydrogen) atoms. The molecule has 0 spiro atoms. The number of hydrogen-bond donors (Lipinski definition) is 0. The first kappa shape index (κ1) is 28.8. The van der Waals surface area contributed by atoms with Gasteiger partial charge in [0.2, 0.25) is 0 Å². The van der Waals surface area contributed by atoms with Gasteiger partial charge in [-0.1, -0.05) is 43.4 Å². The van der Waals surface area contributed by atoms with E-state index in [1.54, 1.807) is 50.2 Å². The average molecular weight is 566 g/mol. The highest BCUT2D eigenvalue weighted by atomic mass is 32.1. The summed E-state index contributed by atoms with van der Waals surface area (Å²) in [6.45, 7) is 8.29. The van der Waals surface area contributed by atoms with E-state index in [9.17, 15) is 19.7 Å². The summed E-state index contributed by atoms with van der Waals surface area (Å²) >= 11 is 1.10. The lowest BCUT2D eigenvalue weighted by atomic mass is 9.95. The van der Waals surface area contributed by atoms with Crippen molar-refractivity contribution in [2.45, 2.75) is 40.2 Å². The van der Waals surface area contributed by atoms with Gasteiger partial charge in [-0.05, 0) is 56.0 Å². The average Bonchev–Trinajstić information content (AvgIpc) is 3.22. The molecule has 3 aromatic rings. The van der Waals surface area contributed by atoms with Crippen molar-refractivity contribution in [3.63, 3.8) is 0 Å². The van der Waals surface area contributed by atoms with E-state index in [4.69, 9.17) is 14.2 Å². The smallest absolute Gasteiger partial charge is 0.338 e. The van der Waals surface area contributed by atoms with E-state index >= 15 is 0 Å². The first-order valence-electron chi connectivity index (χ1n) is 12.9. The molecule has 1 aliphatic rings. The molecule has 0 saturated heterocycles. The van der Waals surface area contributed by atoms with Crippen LogP contribution in [-0.4, -0.2) is 35.8 Å². The fourth-order valence-corrected chi connectivity index (χ4v) is 5.44. The number of para-hydroxylation sites is 1. The molecule has 1 aromatic heterocycles. The number of carbonyl (C=O) groups is 1. The van der Waals surface area contributed by atoms with Crippen molar-refractivity contribution in [2.24, 2.45) is 10.9 Å². The Hall–Kier alpha value is -4.25. The Labute approximate surface area is 235 Å². The summed E-state index contributed by atoms with van der Waals surface area (Å²) < 4.78 is 18.6. The lowest BCUT2D eigenvalue weighted by Crippen LogP contribution is -2.40. The minimum atomic E-state index is -0.859. The van der Waals surface area contributed by atoms with Gasteiger partial charge in [0, 0.05) is 6.07 Å². The molecule has 2 heterocycles. The maximum Gasteiger partial charge on any atom is 0.338 e. The quantitative estimate of drug-likeness (QED) is 0.206. The number of fused-ring (bicyclic) bond motifs is 1. The third-order valence-electron chi connectivity index (χ3n) is 6.39. The Balaban J connectivity index is 1.90. The van der Waals surface area contributed by atoms with E-state index in [0.29, 0.717) is 45.6 Å². The molecular weight excluding hydrogens is 534 g/mol. The molecule has 0 N–H and O–H groups in total. The summed E-state index contributed by atoms with van der Waals surface area (Å²) in [6, 6.07) is 10.6. The molecular formula is C29H31N3O7S. The number of nitro groups is 1. The van der Waals surface area contributed by atoms with E-state index in [1.807, 2.05) is 0 Å². The van der Waals surface area contributed by atoms with Crippen LogP contribution in [0.4, 0.5) is 5.69 Å². The second kappa shape index (κ2) is 12.3. The summed E-state index contributed by atoms with van der Waals surface area (Å²) in [6.07, 6.45) is 2.35. The maximum atomic E-state index is 13.8. The second-order valence-electron chi connectivity index (χ2n) is 9.56. The molecule has 210 valence electrons. The summed E-state index contributed by atoms with van der Waals surface area (Å²) in [7, 11) is 1.53. The first-order valence-corrected chi connectivity index (χ1v) is 13.7. The summed E-state index contributed by atoms with van der Waals surface area (Å²) in [4.78, 5) is 43.0. The molecule has 11 heteroatoms. The number of rotatable bonds is 10. The van der Waals surface area contributed by atoms with Gasteiger partial charge in [-0.3, -0.25) is 19.5 Å². The number of benzene rings is 2. The van der Waals surface area contributed by atoms with Gasteiger partial charge in [0.15, 0.2) is 16.3 Å². The highest BCUT2D eigenvalue weighted by Gasteiger charge is 2.34. The van der Waals surface area contributed by atoms with Crippen LogP contribution in [0.1, 0.15) is 51.3 Å². The molecule has 1 unspecified atom stereocenters. The molecule has 1 atom stereocenters.